The van der Waals surface area contributed by atoms with Gasteiger partial charge in [0.2, 0.25) is 0 Å². The third-order valence-corrected chi connectivity index (χ3v) is 0. The van der Waals surface area contributed by atoms with Gasteiger partial charge in [0, 0.05) is 85.8 Å². The predicted octanol–water partition coefficient (Wildman–Crippen LogP) is -2.45. The molecule has 0 rings (SSSR count). The van der Waals surface area contributed by atoms with Crippen molar-refractivity contribution in [2.45, 2.75) is 0 Å². The summed E-state index contributed by atoms with van der Waals surface area (Å²) in [6, 6.07) is 0. The van der Waals surface area contributed by atoms with Gasteiger partial charge in [0.25, 0.3) is 0 Å². The summed E-state index contributed by atoms with van der Waals surface area (Å²) in [7, 11) is 0. The van der Waals surface area contributed by atoms with E-state index in [1.165, 1.54) is 0 Å². The minimum absolute atomic E-state index is 0. The molecular weight excluding hydrogens is 797 g/mol. The quantitative estimate of drug-likeness (QED) is 0.239. The van der Waals surface area contributed by atoms with Crippen LogP contribution < -0.4 is 0 Å². The van der Waals surface area contributed by atoms with Crippen LogP contribution in [0.3, 0.4) is 0 Å². The molecule has 0 saturated carbocycles. The fraction of sp³-hybridized carbons (Fsp3) is 0. The van der Waals surface area contributed by atoms with E-state index in [4.69, 9.17) is 0 Å². The van der Waals surface area contributed by atoms with E-state index in [9.17, 15) is 0 Å². The van der Waals surface area contributed by atoms with Crippen LogP contribution >= 0.6 is 27.0 Å². The van der Waals surface area contributed by atoms with Crippen LogP contribution in [0.4, 0.5) is 0 Å². The first kappa shape index (κ1) is 116. The summed E-state index contributed by atoms with van der Waals surface area (Å²) >= 11 is 0. The zero-order chi connectivity index (χ0) is 0. The normalized spacial score (nSPS) is 0. The van der Waals surface area contributed by atoms with Gasteiger partial charge in [0.05, 0.1) is 0 Å². The molecule has 0 saturated heterocycles. The Morgan fingerprint density at radius 2 is 0.455 bits per heavy atom. The molecule has 0 nitrogen and oxygen atoms in total. The fourth-order valence-corrected chi connectivity index (χ4v) is 0. The van der Waals surface area contributed by atoms with Crippen LogP contribution in [-0.2, 0) is 34.1 Å². The maximum atomic E-state index is 0. The van der Waals surface area contributed by atoms with Crippen molar-refractivity contribution in [3.63, 3.8) is 0 Å². The van der Waals surface area contributed by atoms with Gasteiger partial charge in [0.1, 0.15) is 0 Å². The van der Waals surface area contributed by atoms with Gasteiger partial charge in [-0.3, -0.25) is 0 Å². The molecule has 0 fully saturated rings. The number of rotatable bonds is 0. The van der Waals surface area contributed by atoms with E-state index in [0.717, 1.165) is 0 Å². The van der Waals surface area contributed by atoms with Crippen molar-refractivity contribution in [3.8, 4) is 0 Å². The van der Waals surface area contributed by atoms with Crippen LogP contribution in [0.25, 0.3) is 0 Å². The second kappa shape index (κ2) is 96.0. The van der Waals surface area contributed by atoms with Gasteiger partial charge < -0.3 is 51.2 Å². The fourth-order valence-electron chi connectivity index (χ4n) is 0. The third-order valence-electron chi connectivity index (χ3n) is 0. The minimum atomic E-state index is 0. The molecular formula is H4Cu2Ga2In2S2Se3. The van der Waals surface area contributed by atoms with E-state index in [0.29, 0.717) is 0 Å². The molecule has 0 N–H and O–H groups in total. The largest absolute Gasteiger partial charge is 3.00 e. The maximum Gasteiger partial charge on any atom is 3.00 e. The summed E-state index contributed by atoms with van der Waals surface area (Å²) in [5.74, 6) is 0. The first-order valence-corrected chi connectivity index (χ1v) is 0. The van der Waals surface area contributed by atoms with Crippen LogP contribution in [0.1, 0.15) is 0 Å². The molecule has 0 bridgehead atoms. The molecule has 8 radical (unpaired) electrons. The second-order valence-corrected chi connectivity index (χ2v) is 0. The van der Waals surface area contributed by atoms with Gasteiger partial charge in [-0.25, -0.2) is 0 Å². The summed E-state index contributed by atoms with van der Waals surface area (Å²) < 4.78 is 0. The van der Waals surface area contributed by atoms with Gasteiger partial charge in [0.15, 0.2) is 0 Å². The summed E-state index contributed by atoms with van der Waals surface area (Å²) in [5, 5.41) is 0. The summed E-state index contributed by atoms with van der Waals surface area (Å²) in [6.07, 6.45) is 0. The Morgan fingerprint density at radius 1 is 0.455 bits per heavy atom. The molecule has 0 amide bonds. The number of hydrogen-bond acceptors (Lipinski definition) is 0. The van der Waals surface area contributed by atoms with Crippen molar-refractivity contribution in [1.29, 1.82) is 0 Å². The van der Waals surface area contributed by atoms with E-state index in [1.807, 2.05) is 0 Å². The third kappa shape index (κ3) is 83.9. The first-order valence-electron chi connectivity index (χ1n) is 0. The zero-order valence-corrected chi connectivity index (χ0v) is 25.6. The molecule has 0 spiro atoms. The molecule has 0 aliphatic carbocycles. The van der Waals surface area contributed by atoms with Gasteiger partial charge in [-0.2, -0.15) is 27.0 Å². The van der Waals surface area contributed by atoms with Crippen LogP contribution in [-0.4, -0.2) is 142 Å². The van der Waals surface area contributed by atoms with Crippen LogP contribution in [0, 0.1) is 0 Å². The average molecular weight is 801 g/mol. The zero-order valence-electron chi connectivity index (χ0n) is 5.14. The molecule has 0 unspecified atom stereocenters. The Labute approximate surface area is 199 Å². The van der Waals surface area contributed by atoms with E-state index in [2.05, 4.69) is 0 Å². The summed E-state index contributed by atoms with van der Waals surface area (Å²) in [5.41, 5.74) is 0. The Bertz CT molecular complexity index is 25.3. The van der Waals surface area contributed by atoms with Crippen molar-refractivity contribution >= 4 is 169 Å². The SMILES string of the molecule is S.S.[Cu].[Cu].[Ga+3].[Ga+3].[In].[In].[Se-2].[Se-2].[Se-2]. The van der Waals surface area contributed by atoms with E-state index >= 15 is 0 Å². The topological polar surface area (TPSA) is 0 Å². The standard InChI is InChI=1S/2Cu.2Ga.2In.2H2S.3Se/h;;;;;;2*1H2;;;/q;;2*+3;;;;;3*-2. The van der Waals surface area contributed by atoms with Crippen molar-refractivity contribution < 1.29 is 34.1 Å². The molecule has 0 aliphatic rings. The van der Waals surface area contributed by atoms with E-state index in [1.54, 1.807) is 0 Å². The van der Waals surface area contributed by atoms with E-state index in [-0.39, 0.29) is 204 Å². The van der Waals surface area contributed by atoms with Crippen LogP contribution in [0.15, 0.2) is 0 Å². The summed E-state index contributed by atoms with van der Waals surface area (Å²) in [6.45, 7) is 0. The molecule has 0 atom stereocenters. The molecule has 0 aliphatic heterocycles. The molecule has 0 heterocycles. The van der Waals surface area contributed by atoms with Gasteiger partial charge >= 0.3 is 39.6 Å². The molecule has 0 aromatic rings. The van der Waals surface area contributed by atoms with Crippen LogP contribution in [0.2, 0.25) is 0 Å². The molecule has 68 valence electrons. The minimum Gasteiger partial charge on any atom is -2.00 e. The summed E-state index contributed by atoms with van der Waals surface area (Å²) in [4.78, 5) is 0. The van der Waals surface area contributed by atoms with Crippen molar-refractivity contribution in [3.05, 3.63) is 0 Å². The number of hydrogen-bond donors (Lipinski definition) is 0. The van der Waals surface area contributed by atoms with Crippen molar-refractivity contribution in [2.75, 3.05) is 0 Å². The Balaban J connectivity index is 0. The Morgan fingerprint density at radius 3 is 0.455 bits per heavy atom. The maximum absolute atomic E-state index is 0. The Hall–Kier alpha value is 6.31. The molecule has 0 aromatic heterocycles. The van der Waals surface area contributed by atoms with E-state index < -0.39 is 0 Å². The average Bonchev–Trinajstić information content (AvgIpc) is 0. The van der Waals surface area contributed by atoms with Gasteiger partial charge in [-0.1, -0.05) is 0 Å². The smallest absolute Gasteiger partial charge is 2.00 e. The first-order chi connectivity index (χ1) is 0. The van der Waals surface area contributed by atoms with Gasteiger partial charge in [-0.05, 0) is 0 Å². The second-order valence-electron chi connectivity index (χ2n) is 0. The van der Waals surface area contributed by atoms with Crippen LogP contribution in [0.5, 0.6) is 0 Å². The Kier molecular flexibility index (Phi) is 1010. The monoisotopic (exact) mass is 801 g/mol. The molecule has 11 heteroatoms. The van der Waals surface area contributed by atoms with Gasteiger partial charge in [-0.15, -0.1) is 0 Å². The molecule has 0 aromatic carbocycles. The van der Waals surface area contributed by atoms with Crippen molar-refractivity contribution in [1.82, 2.24) is 0 Å². The van der Waals surface area contributed by atoms with Crippen molar-refractivity contribution in [2.24, 2.45) is 0 Å². The molecule has 11 heavy (non-hydrogen) atoms. The predicted molar refractivity (Wildman–Crippen MR) is 61.0 cm³/mol.